The standard InChI is InChI=1S/C20H20N6O/c21-19-23-20-22-11-10-18(26(20)24-19)25-12-4-7-15(25)13-27-17-9-3-6-14-5-1-2-8-16(14)17/h1-3,5-6,8-11,15H,4,7,12-13H2,(H2,21,24)/t15-/m1/s1. The van der Waals surface area contributed by atoms with Crippen molar-refractivity contribution < 1.29 is 4.74 Å². The minimum absolute atomic E-state index is 0.234. The number of nitrogens with two attached hydrogens (primary N) is 1. The second kappa shape index (κ2) is 6.42. The molecule has 4 aromatic rings. The third-order valence-electron chi connectivity index (χ3n) is 5.09. The third kappa shape index (κ3) is 2.81. The summed E-state index contributed by atoms with van der Waals surface area (Å²) in [4.78, 5) is 10.7. The number of hydrogen-bond acceptors (Lipinski definition) is 6. The number of nitrogens with zero attached hydrogens (tertiary/aromatic N) is 5. The zero-order valence-corrected chi connectivity index (χ0v) is 14.8. The van der Waals surface area contributed by atoms with Gasteiger partial charge in [0, 0.05) is 18.1 Å². The number of ether oxygens (including phenoxy) is 1. The SMILES string of the molecule is Nc1nc2nccc(N3CCC[C@@H]3COc3cccc4ccccc34)n2n1. The molecule has 136 valence electrons. The van der Waals surface area contributed by atoms with E-state index in [1.165, 1.54) is 5.39 Å². The van der Waals surface area contributed by atoms with E-state index in [0.29, 0.717) is 12.4 Å². The van der Waals surface area contributed by atoms with E-state index >= 15 is 0 Å². The number of aromatic nitrogens is 4. The molecule has 7 nitrogen and oxygen atoms in total. The molecule has 0 amide bonds. The van der Waals surface area contributed by atoms with E-state index < -0.39 is 0 Å². The number of fused-ring (bicyclic) bond motifs is 2. The molecular weight excluding hydrogens is 340 g/mol. The maximum absolute atomic E-state index is 6.24. The summed E-state index contributed by atoms with van der Waals surface area (Å²) in [6, 6.07) is 16.7. The van der Waals surface area contributed by atoms with Gasteiger partial charge in [0.1, 0.15) is 18.2 Å². The molecule has 0 radical (unpaired) electrons. The average Bonchev–Trinajstić information content (AvgIpc) is 3.31. The van der Waals surface area contributed by atoms with E-state index in [9.17, 15) is 0 Å². The van der Waals surface area contributed by atoms with E-state index in [-0.39, 0.29) is 12.0 Å². The Morgan fingerprint density at radius 1 is 1.11 bits per heavy atom. The first-order valence-corrected chi connectivity index (χ1v) is 9.14. The molecule has 3 heterocycles. The predicted octanol–water partition coefficient (Wildman–Crippen LogP) is 2.91. The van der Waals surface area contributed by atoms with Crippen LogP contribution in [0.25, 0.3) is 16.6 Å². The van der Waals surface area contributed by atoms with Crippen LogP contribution in [0.5, 0.6) is 5.75 Å². The van der Waals surface area contributed by atoms with Crippen LogP contribution in [0.3, 0.4) is 0 Å². The van der Waals surface area contributed by atoms with Crippen LogP contribution in [-0.4, -0.2) is 38.8 Å². The molecule has 1 aliphatic heterocycles. The van der Waals surface area contributed by atoms with Gasteiger partial charge in [0.15, 0.2) is 0 Å². The summed E-state index contributed by atoms with van der Waals surface area (Å²) < 4.78 is 7.96. The third-order valence-corrected chi connectivity index (χ3v) is 5.09. The number of hydrogen-bond donors (Lipinski definition) is 1. The molecular formula is C20H20N6O. The summed E-state index contributed by atoms with van der Waals surface area (Å²) in [5.74, 6) is 2.63. The number of anilines is 2. The van der Waals surface area contributed by atoms with Crippen LogP contribution in [-0.2, 0) is 0 Å². The monoisotopic (exact) mass is 360 g/mol. The highest BCUT2D eigenvalue weighted by Gasteiger charge is 2.28. The van der Waals surface area contributed by atoms with Crippen molar-refractivity contribution in [1.82, 2.24) is 19.6 Å². The molecule has 2 aromatic heterocycles. The summed E-state index contributed by atoms with van der Waals surface area (Å²) in [6.45, 7) is 1.56. The minimum atomic E-state index is 0.234. The van der Waals surface area contributed by atoms with Crippen molar-refractivity contribution in [2.75, 3.05) is 23.8 Å². The van der Waals surface area contributed by atoms with Crippen molar-refractivity contribution in [1.29, 1.82) is 0 Å². The Bertz CT molecular complexity index is 1100. The van der Waals surface area contributed by atoms with Gasteiger partial charge in [-0.3, -0.25) is 0 Å². The maximum Gasteiger partial charge on any atom is 0.255 e. The van der Waals surface area contributed by atoms with E-state index in [2.05, 4.69) is 38.2 Å². The van der Waals surface area contributed by atoms with Crippen LogP contribution < -0.4 is 15.4 Å². The summed E-state index contributed by atoms with van der Waals surface area (Å²) in [5.41, 5.74) is 5.75. The second-order valence-corrected chi connectivity index (χ2v) is 6.76. The summed E-state index contributed by atoms with van der Waals surface area (Å²) in [7, 11) is 0. The van der Waals surface area contributed by atoms with E-state index in [1.54, 1.807) is 10.7 Å². The van der Waals surface area contributed by atoms with Gasteiger partial charge >= 0.3 is 0 Å². The normalized spacial score (nSPS) is 17.0. The molecule has 2 N–H and O–H groups in total. The van der Waals surface area contributed by atoms with Gasteiger partial charge in [-0.1, -0.05) is 36.4 Å². The van der Waals surface area contributed by atoms with Gasteiger partial charge in [0.05, 0.1) is 6.04 Å². The lowest BCUT2D eigenvalue weighted by Gasteiger charge is -2.26. The van der Waals surface area contributed by atoms with Crippen molar-refractivity contribution in [2.24, 2.45) is 0 Å². The molecule has 0 bridgehead atoms. The first-order valence-electron chi connectivity index (χ1n) is 9.14. The van der Waals surface area contributed by atoms with Gasteiger partial charge in [0.2, 0.25) is 5.95 Å². The van der Waals surface area contributed by atoms with Gasteiger partial charge in [0.25, 0.3) is 5.78 Å². The van der Waals surface area contributed by atoms with Crippen LogP contribution in [0.2, 0.25) is 0 Å². The van der Waals surface area contributed by atoms with Gasteiger partial charge in [-0.25, -0.2) is 4.98 Å². The van der Waals surface area contributed by atoms with Gasteiger partial charge in [-0.05, 0) is 30.4 Å². The molecule has 0 saturated carbocycles. The molecule has 27 heavy (non-hydrogen) atoms. The fourth-order valence-electron chi connectivity index (χ4n) is 3.83. The molecule has 0 spiro atoms. The number of rotatable bonds is 4. The van der Waals surface area contributed by atoms with Gasteiger partial charge < -0.3 is 15.4 Å². The Morgan fingerprint density at radius 2 is 2.00 bits per heavy atom. The zero-order chi connectivity index (χ0) is 18.2. The lowest BCUT2D eigenvalue weighted by atomic mass is 10.1. The summed E-state index contributed by atoms with van der Waals surface area (Å²) in [6.07, 6.45) is 3.93. The highest BCUT2D eigenvalue weighted by atomic mass is 16.5. The fraction of sp³-hybridized carbons (Fsp3) is 0.250. The molecule has 0 unspecified atom stereocenters. The largest absolute Gasteiger partial charge is 0.491 e. The number of nitrogen functional groups attached to an aromatic ring is 1. The molecule has 7 heteroatoms. The molecule has 0 aliphatic carbocycles. The molecule has 1 atom stereocenters. The Labute approximate surface area is 156 Å². The van der Waals surface area contributed by atoms with E-state index in [0.717, 1.165) is 36.3 Å². The van der Waals surface area contributed by atoms with E-state index in [4.69, 9.17) is 10.5 Å². The van der Waals surface area contributed by atoms with Crippen molar-refractivity contribution in [3.05, 3.63) is 54.7 Å². The highest BCUT2D eigenvalue weighted by molar-refractivity contribution is 5.88. The molecule has 1 fully saturated rings. The van der Waals surface area contributed by atoms with Crippen LogP contribution in [0.15, 0.2) is 54.7 Å². The first kappa shape index (κ1) is 15.9. The highest BCUT2D eigenvalue weighted by Crippen LogP contribution is 2.29. The summed E-state index contributed by atoms with van der Waals surface area (Å²) in [5, 5.41) is 6.62. The molecule has 5 rings (SSSR count). The first-order chi connectivity index (χ1) is 13.3. The Balaban J connectivity index is 1.41. The predicted molar refractivity (Wildman–Crippen MR) is 105 cm³/mol. The van der Waals surface area contributed by atoms with Crippen LogP contribution >= 0.6 is 0 Å². The number of benzene rings is 2. The summed E-state index contributed by atoms with van der Waals surface area (Å²) >= 11 is 0. The lowest BCUT2D eigenvalue weighted by Crippen LogP contribution is -2.35. The Hall–Kier alpha value is -3.35. The molecule has 2 aromatic carbocycles. The molecule has 1 aliphatic rings. The molecule has 1 saturated heterocycles. The quantitative estimate of drug-likeness (QED) is 0.603. The van der Waals surface area contributed by atoms with Crippen molar-refractivity contribution >= 4 is 28.3 Å². The average molecular weight is 360 g/mol. The Kier molecular flexibility index (Phi) is 3.78. The van der Waals surface area contributed by atoms with Crippen LogP contribution in [0.4, 0.5) is 11.8 Å². The van der Waals surface area contributed by atoms with Crippen molar-refractivity contribution in [3.63, 3.8) is 0 Å². The van der Waals surface area contributed by atoms with E-state index in [1.807, 2.05) is 30.3 Å². The van der Waals surface area contributed by atoms with Gasteiger partial charge in [-0.2, -0.15) is 9.50 Å². The lowest BCUT2D eigenvalue weighted by molar-refractivity contribution is 0.291. The topological polar surface area (TPSA) is 81.6 Å². The van der Waals surface area contributed by atoms with Gasteiger partial charge in [-0.15, -0.1) is 5.10 Å². The van der Waals surface area contributed by atoms with Crippen molar-refractivity contribution in [3.8, 4) is 5.75 Å². The maximum atomic E-state index is 6.24. The second-order valence-electron chi connectivity index (χ2n) is 6.76. The zero-order valence-electron chi connectivity index (χ0n) is 14.8. The Morgan fingerprint density at radius 3 is 2.96 bits per heavy atom. The van der Waals surface area contributed by atoms with Crippen LogP contribution in [0, 0.1) is 0 Å². The fourth-order valence-corrected chi connectivity index (χ4v) is 3.83. The smallest absolute Gasteiger partial charge is 0.255 e. The van der Waals surface area contributed by atoms with Crippen LogP contribution in [0.1, 0.15) is 12.8 Å². The minimum Gasteiger partial charge on any atom is -0.491 e. The van der Waals surface area contributed by atoms with Crippen molar-refractivity contribution in [2.45, 2.75) is 18.9 Å².